The number of hydrogen-bond donors (Lipinski definition) is 1. The molecule has 0 saturated carbocycles. The Labute approximate surface area is 190 Å². The number of amides is 1. The van der Waals surface area contributed by atoms with Crippen molar-refractivity contribution in [3.05, 3.63) is 95.1 Å². The van der Waals surface area contributed by atoms with Gasteiger partial charge in [0, 0.05) is 24.7 Å². The second-order valence-electron chi connectivity index (χ2n) is 8.19. The van der Waals surface area contributed by atoms with Gasteiger partial charge in [0.25, 0.3) is 5.91 Å². The molecule has 32 heavy (non-hydrogen) atoms. The molecule has 166 valence electrons. The van der Waals surface area contributed by atoms with Crippen LogP contribution in [0.3, 0.4) is 0 Å². The van der Waals surface area contributed by atoms with E-state index in [1.165, 1.54) is 16.7 Å². The van der Waals surface area contributed by atoms with Gasteiger partial charge in [-0.05, 0) is 54.3 Å². The maximum Gasteiger partial charge on any atom is 0.251 e. The lowest BCUT2D eigenvalue weighted by Gasteiger charge is -2.41. The summed E-state index contributed by atoms with van der Waals surface area (Å²) in [5, 5.41) is 3.24. The Morgan fingerprint density at radius 2 is 1.62 bits per heavy atom. The Hall–Kier alpha value is -3.31. The number of nitrogens with zero attached hydrogens (tertiary/aromatic N) is 1. The van der Waals surface area contributed by atoms with Gasteiger partial charge in [-0.2, -0.15) is 0 Å². The second-order valence-corrected chi connectivity index (χ2v) is 8.19. The van der Waals surface area contributed by atoms with E-state index in [4.69, 9.17) is 9.47 Å². The van der Waals surface area contributed by atoms with E-state index in [9.17, 15) is 4.79 Å². The van der Waals surface area contributed by atoms with Crippen LogP contribution in [0.25, 0.3) is 0 Å². The second kappa shape index (κ2) is 9.88. The number of nitrogens with one attached hydrogen (secondary N) is 1. The van der Waals surface area contributed by atoms with E-state index in [-0.39, 0.29) is 18.0 Å². The minimum absolute atomic E-state index is 0.00595. The molecular formula is C27H30N2O3. The van der Waals surface area contributed by atoms with E-state index < -0.39 is 0 Å². The van der Waals surface area contributed by atoms with Crippen molar-refractivity contribution >= 4 is 5.91 Å². The Kier molecular flexibility index (Phi) is 6.76. The molecule has 0 bridgehead atoms. The molecule has 0 radical (unpaired) electrons. The van der Waals surface area contributed by atoms with Crippen LogP contribution in [0.4, 0.5) is 0 Å². The van der Waals surface area contributed by atoms with Gasteiger partial charge in [-0.1, -0.05) is 48.5 Å². The Morgan fingerprint density at radius 3 is 2.28 bits per heavy atom. The molecule has 5 heteroatoms. The number of fused-ring (bicyclic) bond motifs is 1. The van der Waals surface area contributed by atoms with Crippen LogP contribution in [-0.4, -0.2) is 37.6 Å². The first kappa shape index (κ1) is 21.9. The van der Waals surface area contributed by atoms with Crippen molar-refractivity contribution in [2.45, 2.75) is 32.0 Å². The van der Waals surface area contributed by atoms with Crippen molar-refractivity contribution in [3.8, 4) is 11.5 Å². The van der Waals surface area contributed by atoms with Crippen molar-refractivity contribution in [1.29, 1.82) is 0 Å². The molecule has 0 fully saturated rings. The Morgan fingerprint density at radius 1 is 1.00 bits per heavy atom. The molecule has 3 aromatic carbocycles. The first-order valence-electron chi connectivity index (χ1n) is 11.0. The maximum atomic E-state index is 12.9. The number of rotatable bonds is 7. The average Bonchev–Trinajstić information content (AvgIpc) is 2.84. The fraction of sp³-hybridized carbons (Fsp3) is 0.296. The minimum Gasteiger partial charge on any atom is -0.493 e. The highest BCUT2D eigenvalue weighted by Gasteiger charge is 2.33. The van der Waals surface area contributed by atoms with Crippen LogP contribution in [0.1, 0.15) is 40.0 Å². The van der Waals surface area contributed by atoms with Crippen molar-refractivity contribution in [1.82, 2.24) is 10.2 Å². The van der Waals surface area contributed by atoms with Gasteiger partial charge >= 0.3 is 0 Å². The molecule has 1 heterocycles. The van der Waals surface area contributed by atoms with E-state index in [1.54, 1.807) is 14.2 Å². The maximum absolute atomic E-state index is 12.9. The number of carbonyl (C=O) groups is 1. The minimum atomic E-state index is -0.108. The van der Waals surface area contributed by atoms with Crippen molar-refractivity contribution in [2.24, 2.45) is 0 Å². The number of methoxy groups -OCH3 is 2. The van der Waals surface area contributed by atoms with E-state index in [0.29, 0.717) is 11.3 Å². The fourth-order valence-corrected chi connectivity index (χ4v) is 4.57. The molecule has 0 aromatic heterocycles. The molecule has 1 N–H and O–H groups in total. The van der Waals surface area contributed by atoms with Crippen LogP contribution in [0.5, 0.6) is 11.5 Å². The molecule has 1 aliphatic heterocycles. The van der Waals surface area contributed by atoms with Crippen LogP contribution < -0.4 is 14.8 Å². The lowest BCUT2D eigenvalue weighted by molar-refractivity contribution is 0.0877. The topological polar surface area (TPSA) is 50.8 Å². The third-order valence-electron chi connectivity index (χ3n) is 6.12. The normalized spacial score (nSPS) is 16.7. The zero-order valence-electron chi connectivity index (χ0n) is 18.9. The third kappa shape index (κ3) is 4.63. The van der Waals surface area contributed by atoms with Crippen LogP contribution >= 0.6 is 0 Å². The van der Waals surface area contributed by atoms with E-state index >= 15 is 0 Å². The lowest BCUT2D eigenvalue weighted by Crippen LogP contribution is -2.47. The van der Waals surface area contributed by atoms with Gasteiger partial charge in [0.15, 0.2) is 11.5 Å². The zero-order valence-corrected chi connectivity index (χ0v) is 18.9. The predicted octanol–water partition coefficient (Wildman–Crippen LogP) is 4.62. The van der Waals surface area contributed by atoms with Crippen LogP contribution in [0.2, 0.25) is 0 Å². The van der Waals surface area contributed by atoms with Crippen molar-refractivity contribution in [3.63, 3.8) is 0 Å². The zero-order chi connectivity index (χ0) is 22.5. The molecule has 3 aromatic rings. The standard InChI is InChI=1S/C27H30N2O3/c1-19(28-27(30)21-12-8-5-9-13-21)26-23-17-25(32-3)24(31-2)16-22(23)14-15-29(26)18-20-10-6-4-7-11-20/h4-13,16-17,19,26H,14-15,18H2,1-3H3,(H,28,30)/t19-,26+/m0/s1. The molecule has 1 amide bonds. The van der Waals surface area contributed by atoms with E-state index in [2.05, 4.69) is 53.5 Å². The first-order valence-corrected chi connectivity index (χ1v) is 11.0. The van der Waals surface area contributed by atoms with Gasteiger partial charge in [-0.15, -0.1) is 0 Å². The van der Waals surface area contributed by atoms with Gasteiger partial charge in [-0.25, -0.2) is 0 Å². The molecule has 0 saturated heterocycles. The van der Waals surface area contributed by atoms with Crippen LogP contribution in [0.15, 0.2) is 72.8 Å². The summed E-state index contributed by atoms with van der Waals surface area (Å²) in [4.78, 5) is 15.4. The van der Waals surface area contributed by atoms with E-state index in [1.807, 2.05) is 36.4 Å². The van der Waals surface area contributed by atoms with E-state index in [0.717, 1.165) is 25.3 Å². The quantitative estimate of drug-likeness (QED) is 0.594. The van der Waals surface area contributed by atoms with Gasteiger partial charge in [0.05, 0.1) is 20.3 Å². The highest BCUT2D eigenvalue weighted by atomic mass is 16.5. The average molecular weight is 431 g/mol. The van der Waals surface area contributed by atoms with Gasteiger partial charge in [0.1, 0.15) is 0 Å². The Balaban J connectivity index is 1.68. The monoisotopic (exact) mass is 430 g/mol. The summed E-state index contributed by atoms with van der Waals surface area (Å²) in [6.07, 6.45) is 0.915. The number of carbonyl (C=O) groups excluding carboxylic acids is 1. The molecule has 0 spiro atoms. The smallest absolute Gasteiger partial charge is 0.251 e. The summed E-state index contributed by atoms with van der Waals surface area (Å²) in [5.74, 6) is 1.38. The van der Waals surface area contributed by atoms with Crippen molar-refractivity contribution in [2.75, 3.05) is 20.8 Å². The SMILES string of the molecule is COc1cc2c(cc1OC)[C@@H]([C@H](C)NC(=O)c1ccccc1)N(Cc1ccccc1)CC2. The van der Waals surface area contributed by atoms with Gasteiger partial charge in [-0.3, -0.25) is 9.69 Å². The summed E-state index contributed by atoms with van der Waals surface area (Å²) < 4.78 is 11.1. The van der Waals surface area contributed by atoms with Gasteiger partial charge in [0.2, 0.25) is 0 Å². The van der Waals surface area contributed by atoms with Crippen LogP contribution in [-0.2, 0) is 13.0 Å². The predicted molar refractivity (Wildman–Crippen MR) is 126 cm³/mol. The molecular weight excluding hydrogens is 400 g/mol. The molecule has 2 atom stereocenters. The first-order chi connectivity index (χ1) is 15.6. The van der Waals surface area contributed by atoms with Gasteiger partial charge < -0.3 is 14.8 Å². The Bertz CT molecular complexity index is 1050. The van der Waals surface area contributed by atoms with Crippen molar-refractivity contribution < 1.29 is 14.3 Å². The summed E-state index contributed by atoms with van der Waals surface area (Å²) in [5.41, 5.74) is 4.32. The summed E-state index contributed by atoms with van der Waals surface area (Å²) >= 11 is 0. The highest BCUT2D eigenvalue weighted by molar-refractivity contribution is 5.94. The number of ether oxygens (including phenoxy) is 2. The largest absolute Gasteiger partial charge is 0.493 e. The lowest BCUT2D eigenvalue weighted by atomic mass is 9.87. The summed E-state index contributed by atoms with van der Waals surface area (Å²) in [6.45, 7) is 3.79. The highest BCUT2D eigenvalue weighted by Crippen LogP contribution is 2.40. The molecule has 5 nitrogen and oxygen atoms in total. The third-order valence-corrected chi connectivity index (χ3v) is 6.12. The summed E-state index contributed by atoms with van der Waals surface area (Å²) in [7, 11) is 3.32. The molecule has 1 aliphatic rings. The fourth-order valence-electron chi connectivity index (χ4n) is 4.57. The van der Waals surface area contributed by atoms with Crippen LogP contribution in [0, 0.1) is 0 Å². The molecule has 4 rings (SSSR count). The number of benzene rings is 3. The molecule has 0 aliphatic carbocycles. The molecule has 0 unspecified atom stereocenters. The summed E-state index contributed by atoms with van der Waals surface area (Å²) in [6, 6.07) is 23.9. The number of hydrogen-bond acceptors (Lipinski definition) is 4.